The normalized spacial score (nSPS) is 17.9. The molecule has 4 N–H and O–H groups in total. The van der Waals surface area contributed by atoms with Crippen LogP contribution in [0.1, 0.15) is 47.1 Å². The van der Waals surface area contributed by atoms with E-state index < -0.39 is 0 Å². The van der Waals surface area contributed by atoms with Gasteiger partial charge in [-0.2, -0.15) is 0 Å². The summed E-state index contributed by atoms with van der Waals surface area (Å²) in [5, 5.41) is 18.1. The Hall–Kier alpha value is -3.77. The molecule has 0 spiro atoms. The van der Waals surface area contributed by atoms with Crippen LogP contribution in [-0.4, -0.2) is 73.4 Å². The van der Waals surface area contributed by atoms with Gasteiger partial charge in [-0.3, -0.25) is 14.8 Å². The number of hydrogen-bond acceptors (Lipinski definition) is 9. The minimum atomic E-state index is -0.387. The Kier molecular flexibility index (Phi) is 5.99. The van der Waals surface area contributed by atoms with Gasteiger partial charge in [0.25, 0.3) is 5.91 Å². The van der Waals surface area contributed by atoms with E-state index in [-0.39, 0.29) is 30.3 Å². The molecule has 0 bridgehead atoms. The lowest BCUT2D eigenvalue weighted by atomic mass is 10.1. The van der Waals surface area contributed by atoms with Gasteiger partial charge in [0.05, 0.1) is 12.6 Å². The number of nitrogens with zero attached hydrogens (tertiary/aromatic N) is 6. The van der Waals surface area contributed by atoms with Gasteiger partial charge in [0.15, 0.2) is 5.84 Å². The quantitative estimate of drug-likeness (QED) is 0.504. The SMILES string of the molecule is CC(CO)N1NNN=C1c1cccc(NC(=O)c2cc3c(cn2)CN(C(=O)N2CCCC2)C3)n1. The molecule has 178 valence electrons. The second-order valence-electron chi connectivity index (χ2n) is 8.59. The van der Waals surface area contributed by atoms with Gasteiger partial charge < -0.3 is 20.2 Å². The molecule has 1 unspecified atom stereocenters. The monoisotopic (exact) mass is 465 g/mol. The summed E-state index contributed by atoms with van der Waals surface area (Å²) >= 11 is 0. The average molecular weight is 466 g/mol. The highest BCUT2D eigenvalue weighted by Gasteiger charge is 2.30. The zero-order chi connectivity index (χ0) is 23.7. The van der Waals surface area contributed by atoms with Crippen LogP contribution in [0.25, 0.3) is 0 Å². The van der Waals surface area contributed by atoms with Gasteiger partial charge in [-0.05, 0) is 49.1 Å². The number of anilines is 1. The number of carbonyl (C=O) groups excluding carboxylic acids is 2. The first-order chi connectivity index (χ1) is 16.5. The molecule has 5 heterocycles. The molecule has 0 saturated carbocycles. The van der Waals surface area contributed by atoms with Gasteiger partial charge in [-0.1, -0.05) is 6.07 Å². The number of amidine groups is 1. The Morgan fingerprint density at radius 2 is 1.97 bits per heavy atom. The zero-order valence-electron chi connectivity index (χ0n) is 18.9. The molecule has 12 nitrogen and oxygen atoms in total. The molecule has 34 heavy (non-hydrogen) atoms. The van der Waals surface area contributed by atoms with Crippen LogP contribution in [0.15, 0.2) is 35.6 Å². The van der Waals surface area contributed by atoms with Crippen LogP contribution in [0.2, 0.25) is 0 Å². The third-order valence-electron chi connectivity index (χ3n) is 6.17. The molecule has 1 atom stereocenters. The highest BCUT2D eigenvalue weighted by molar-refractivity contribution is 6.03. The highest BCUT2D eigenvalue weighted by atomic mass is 16.3. The van der Waals surface area contributed by atoms with Gasteiger partial charge in [0, 0.05) is 32.4 Å². The van der Waals surface area contributed by atoms with Gasteiger partial charge in [-0.15, -0.1) is 10.6 Å². The fourth-order valence-electron chi connectivity index (χ4n) is 4.28. The number of hydrogen-bond donors (Lipinski definition) is 4. The topological polar surface area (TPSA) is 138 Å². The number of amides is 3. The first-order valence-electron chi connectivity index (χ1n) is 11.3. The average Bonchev–Trinajstić information content (AvgIpc) is 3.63. The molecular formula is C22H27N9O3. The summed E-state index contributed by atoms with van der Waals surface area (Å²) in [4.78, 5) is 38.1. The molecule has 12 heteroatoms. The summed E-state index contributed by atoms with van der Waals surface area (Å²) < 4.78 is 0. The lowest BCUT2D eigenvalue weighted by molar-refractivity contribution is 0.102. The largest absolute Gasteiger partial charge is 0.394 e. The van der Waals surface area contributed by atoms with Gasteiger partial charge >= 0.3 is 6.03 Å². The summed E-state index contributed by atoms with van der Waals surface area (Å²) in [6.07, 6.45) is 3.77. The van der Waals surface area contributed by atoms with E-state index in [1.165, 1.54) is 0 Å². The van der Waals surface area contributed by atoms with E-state index in [1.54, 1.807) is 40.4 Å². The van der Waals surface area contributed by atoms with Crippen LogP contribution in [0.4, 0.5) is 10.6 Å². The number of pyridine rings is 2. The van der Waals surface area contributed by atoms with E-state index in [2.05, 4.69) is 31.5 Å². The van der Waals surface area contributed by atoms with E-state index in [0.29, 0.717) is 30.4 Å². The number of aliphatic hydroxyl groups is 1. The molecule has 2 aromatic heterocycles. The maximum absolute atomic E-state index is 12.9. The van der Waals surface area contributed by atoms with Crippen molar-refractivity contribution in [3.63, 3.8) is 0 Å². The number of hydrazone groups is 1. The Morgan fingerprint density at radius 3 is 2.76 bits per heavy atom. The number of aliphatic hydroxyl groups excluding tert-OH is 1. The van der Waals surface area contributed by atoms with Gasteiger partial charge in [0.1, 0.15) is 17.2 Å². The lowest BCUT2D eigenvalue weighted by Gasteiger charge is -2.24. The third kappa shape index (κ3) is 4.24. The standard InChI is InChI=1S/C22H27N9O3/c1-14(13-32)31-20(26-27-28-31)17-5-4-6-19(24-17)25-21(33)18-9-15-11-30(12-16(15)10-23-18)22(34)29-7-2-3-8-29/h4-6,9-10,14,27-28,32H,2-3,7-8,11-13H2,1H3,(H,24,25,33). The van der Waals surface area contributed by atoms with Crippen LogP contribution < -0.4 is 16.4 Å². The summed E-state index contributed by atoms with van der Waals surface area (Å²) in [5.41, 5.74) is 8.18. The van der Waals surface area contributed by atoms with Crippen molar-refractivity contribution in [3.05, 3.63) is 53.0 Å². The minimum absolute atomic E-state index is 0.0454. The van der Waals surface area contributed by atoms with Crippen LogP contribution >= 0.6 is 0 Å². The Labute approximate surface area is 196 Å². The fourth-order valence-corrected chi connectivity index (χ4v) is 4.28. The Bertz CT molecular complexity index is 1130. The number of hydrazine groups is 2. The van der Waals surface area contributed by atoms with E-state index >= 15 is 0 Å². The van der Waals surface area contributed by atoms with Crippen molar-refractivity contribution in [2.75, 3.05) is 25.0 Å². The van der Waals surface area contributed by atoms with E-state index in [4.69, 9.17) is 0 Å². The second-order valence-corrected chi connectivity index (χ2v) is 8.59. The number of carbonyl (C=O) groups is 2. The maximum Gasteiger partial charge on any atom is 0.320 e. The molecule has 1 saturated heterocycles. The van der Waals surface area contributed by atoms with E-state index in [1.807, 2.05) is 11.8 Å². The van der Waals surface area contributed by atoms with Crippen molar-refractivity contribution in [3.8, 4) is 0 Å². The van der Waals surface area contributed by atoms with Gasteiger partial charge in [-0.25, -0.2) is 15.3 Å². The van der Waals surface area contributed by atoms with Gasteiger partial charge in [0.2, 0.25) is 0 Å². The molecule has 2 aromatic rings. The summed E-state index contributed by atoms with van der Waals surface area (Å²) in [6.45, 7) is 4.35. The Morgan fingerprint density at radius 1 is 1.18 bits per heavy atom. The first kappa shape index (κ1) is 22.0. The number of nitrogens with one attached hydrogen (secondary N) is 3. The predicted octanol–water partition coefficient (Wildman–Crippen LogP) is 0.627. The molecule has 3 aliphatic heterocycles. The predicted molar refractivity (Wildman–Crippen MR) is 123 cm³/mol. The maximum atomic E-state index is 12.9. The molecule has 0 radical (unpaired) electrons. The number of rotatable bonds is 5. The Balaban J connectivity index is 1.27. The smallest absolute Gasteiger partial charge is 0.320 e. The zero-order valence-corrected chi connectivity index (χ0v) is 18.9. The van der Waals surface area contributed by atoms with Crippen molar-refractivity contribution in [2.24, 2.45) is 5.10 Å². The molecule has 3 aliphatic rings. The lowest BCUT2D eigenvalue weighted by Crippen LogP contribution is -2.48. The molecule has 3 amide bonds. The van der Waals surface area contributed by atoms with E-state index in [9.17, 15) is 14.7 Å². The van der Waals surface area contributed by atoms with Crippen LogP contribution in [0, 0.1) is 0 Å². The van der Waals surface area contributed by atoms with Crippen LogP contribution in [0.5, 0.6) is 0 Å². The molecular weight excluding hydrogens is 438 g/mol. The van der Waals surface area contributed by atoms with E-state index in [0.717, 1.165) is 37.1 Å². The highest BCUT2D eigenvalue weighted by Crippen LogP contribution is 2.25. The summed E-state index contributed by atoms with van der Waals surface area (Å²) in [6, 6.07) is 6.76. The molecule has 0 aliphatic carbocycles. The van der Waals surface area contributed by atoms with Crippen molar-refractivity contribution >= 4 is 23.6 Å². The number of fused-ring (bicyclic) bond motifs is 1. The number of aromatic nitrogens is 2. The van der Waals surface area contributed by atoms with Crippen molar-refractivity contribution in [1.82, 2.24) is 35.8 Å². The van der Waals surface area contributed by atoms with Crippen LogP contribution in [-0.2, 0) is 13.1 Å². The number of urea groups is 1. The molecule has 0 aromatic carbocycles. The summed E-state index contributed by atoms with van der Waals surface area (Å²) in [7, 11) is 0. The third-order valence-corrected chi connectivity index (χ3v) is 6.17. The number of likely N-dealkylation sites (tertiary alicyclic amines) is 1. The molecule has 5 rings (SSSR count). The second kappa shape index (κ2) is 9.23. The van der Waals surface area contributed by atoms with Crippen molar-refractivity contribution < 1.29 is 14.7 Å². The fraction of sp³-hybridized carbons (Fsp3) is 0.409. The molecule has 1 fully saturated rings. The van der Waals surface area contributed by atoms with Crippen LogP contribution in [0.3, 0.4) is 0 Å². The summed E-state index contributed by atoms with van der Waals surface area (Å²) in [5.74, 6) is 0.458. The van der Waals surface area contributed by atoms with Crippen molar-refractivity contribution in [1.29, 1.82) is 0 Å². The first-order valence-corrected chi connectivity index (χ1v) is 11.3. The minimum Gasteiger partial charge on any atom is -0.394 e. The van der Waals surface area contributed by atoms with Crippen molar-refractivity contribution in [2.45, 2.75) is 38.9 Å².